The Labute approximate surface area is 194 Å². The summed E-state index contributed by atoms with van der Waals surface area (Å²) in [6.45, 7) is 0. The topological polar surface area (TPSA) is 92.4 Å². The Hall–Kier alpha value is -3.92. The Kier molecular flexibility index (Phi) is 6.84. The van der Waals surface area contributed by atoms with Crippen LogP contribution >= 0.6 is 11.8 Å². The van der Waals surface area contributed by atoms with E-state index in [9.17, 15) is 4.79 Å². The average molecular weight is 466 g/mol. The molecular formula is C23H23N5O4S. The normalized spacial score (nSPS) is 10.6. The monoisotopic (exact) mass is 465 g/mol. The molecule has 0 atom stereocenters. The van der Waals surface area contributed by atoms with Crippen LogP contribution in [0.15, 0.2) is 76.9 Å². The van der Waals surface area contributed by atoms with Gasteiger partial charge in [0.05, 0.1) is 27.0 Å². The van der Waals surface area contributed by atoms with E-state index in [1.54, 1.807) is 56.6 Å². The van der Waals surface area contributed by atoms with Crippen LogP contribution in [-0.4, -0.2) is 40.9 Å². The van der Waals surface area contributed by atoms with Crippen molar-refractivity contribution in [2.24, 2.45) is 0 Å². The lowest BCUT2D eigenvalue weighted by molar-refractivity contribution is 0.395. The van der Waals surface area contributed by atoms with Crippen molar-refractivity contribution in [2.75, 3.05) is 26.6 Å². The number of nitrogens with one attached hydrogen (secondary N) is 1. The van der Waals surface area contributed by atoms with Crippen molar-refractivity contribution in [3.05, 3.63) is 82.9 Å². The number of thioether (sulfide) groups is 1. The highest BCUT2D eigenvalue weighted by molar-refractivity contribution is 7.98. The van der Waals surface area contributed by atoms with Gasteiger partial charge in [-0.05, 0) is 42.0 Å². The lowest BCUT2D eigenvalue weighted by atomic mass is 10.2. The van der Waals surface area contributed by atoms with E-state index < -0.39 is 0 Å². The first-order chi connectivity index (χ1) is 16.1. The van der Waals surface area contributed by atoms with Crippen molar-refractivity contribution >= 4 is 23.3 Å². The molecule has 4 aromatic rings. The highest BCUT2D eigenvalue weighted by Gasteiger charge is 2.16. The number of methoxy groups -OCH3 is 3. The Bertz CT molecular complexity index is 1270. The summed E-state index contributed by atoms with van der Waals surface area (Å²) in [5.74, 6) is 2.62. The molecule has 0 radical (unpaired) electrons. The molecule has 0 aliphatic carbocycles. The molecular weight excluding hydrogens is 442 g/mol. The summed E-state index contributed by atoms with van der Waals surface area (Å²) < 4.78 is 19.0. The first-order valence-electron chi connectivity index (χ1n) is 10.0. The SMILES string of the molecule is COc1ccc(CSc2nnc(Nc3ccc(OC)cc3OC)c(=O)n2-n2cccc2)cc1. The molecule has 0 unspecified atom stereocenters. The van der Waals surface area contributed by atoms with Gasteiger partial charge in [0.2, 0.25) is 11.0 Å². The van der Waals surface area contributed by atoms with Gasteiger partial charge in [-0.3, -0.25) is 9.47 Å². The summed E-state index contributed by atoms with van der Waals surface area (Å²) in [7, 11) is 4.75. The fraction of sp³-hybridized carbons (Fsp3) is 0.174. The van der Waals surface area contributed by atoms with Crippen molar-refractivity contribution in [3.8, 4) is 17.2 Å². The van der Waals surface area contributed by atoms with Gasteiger partial charge >= 0.3 is 5.56 Å². The molecule has 1 N–H and O–H groups in total. The smallest absolute Gasteiger partial charge is 0.316 e. The van der Waals surface area contributed by atoms with Crippen LogP contribution in [0.5, 0.6) is 17.2 Å². The summed E-state index contributed by atoms with van der Waals surface area (Å²) >= 11 is 1.41. The van der Waals surface area contributed by atoms with Crippen molar-refractivity contribution < 1.29 is 14.2 Å². The highest BCUT2D eigenvalue weighted by Crippen LogP contribution is 2.30. The third kappa shape index (κ3) is 4.96. The maximum absolute atomic E-state index is 13.4. The number of anilines is 2. The van der Waals surface area contributed by atoms with Gasteiger partial charge in [0.15, 0.2) is 0 Å². The summed E-state index contributed by atoms with van der Waals surface area (Å²) in [5, 5.41) is 12.0. The van der Waals surface area contributed by atoms with E-state index in [1.165, 1.54) is 16.4 Å². The number of ether oxygens (including phenoxy) is 3. The van der Waals surface area contributed by atoms with E-state index in [0.29, 0.717) is 28.1 Å². The second kappa shape index (κ2) is 10.1. The lowest BCUT2D eigenvalue weighted by Crippen LogP contribution is -2.30. The summed E-state index contributed by atoms with van der Waals surface area (Å²) in [6, 6.07) is 16.7. The molecule has 4 rings (SSSR count). The van der Waals surface area contributed by atoms with Gasteiger partial charge in [-0.2, -0.15) is 4.68 Å². The molecule has 10 heteroatoms. The van der Waals surface area contributed by atoms with Crippen molar-refractivity contribution in [1.29, 1.82) is 0 Å². The molecule has 0 bridgehead atoms. The number of hydrogen-bond acceptors (Lipinski definition) is 8. The van der Waals surface area contributed by atoms with E-state index >= 15 is 0 Å². The largest absolute Gasteiger partial charge is 0.497 e. The molecule has 170 valence electrons. The third-order valence-electron chi connectivity index (χ3n) is 4.82. The summed E-state index contributed by atoms with van der Waals surface area (Å²) in [6.07, 6.45) is 3.55. The molecule has 0 fully saturated rings. The van der Waals surface area contributed by atoms with E-state index in [4.69, 9.17) is 14.2 Å². The number of aromatic nitrogens is 4. The first-order valence-corrected chi connectivity index (χ1v) is 11.0. The zero-order chi connectivity index (χ0) is 23.2. The van der Waals surface area contributed by atoms with Crippen LogP contribution < -0.4 is 25.1 Å². The molecule has 0 saturated carbocycles. The van der Waals surface area contributed by atoms with Crippen LogP contribution in [0, 0.1) is 0 Å². The molecule has 2 aromatic heterocycles. The number of hydrogen-bond donors (Lipinski definition) is 1. The number of nitrogens with zero attached hydrogens (tertiary/aromatic N) is 4. The number of rotatable bonds is 9. The molecule has 9 nitrogen and oxygen atoms in total. The first kappa shape index (κ1) is 22.3. The summed E-state index contributed by atoms with van der Waals surface area (Å²) in [5.41, 5.74) is 1.29. The summed E-state index contributed by atoms with van der Waals surface area (Å²) in [4.78, 5) is 13.4. The molecule has 0 spiro atoms. The molecule has 0 aliphatic heterocycles. The fourth-order valence-corrected chi connectivity index (χ4v) is 3.98. The van der Waals surface area contributed by atoms with Crippen molar-refractivity contribution in [3.63, 3.8) is 0 Å². The van der Waals surface area contributed by atoms with E-state index in [1.807, 2.05) is 36.4 Å². The lowest BCUT2D eigenvalue weighted by Gasteiger charge is -2.15. The van der Waals surface area contributed by atoms with E-state index in [0.717, 1.165) is 11.3 Å². The Balaban J connectivity index is 1.65. The van der Waals surface area contributed by atoms with Gasteiger partial charge in [0.25, 0.3) is 0 Å². The van der Waals surface area contributed by atoms with E-state index in [2.05, 4.69) is 15.5 Å². The maximum atomic E-state index is 13.4. The highest BCUT2D eigenvalue weighted by atomic mass is 32.2. The van der Waals surface area contributed by atoms with Crippen LogP contribution in [0.1, 0.15) is 5.56 Å². The fourth-order valence-electron chi connectivity index (χ4n) is 3.09. The van der Waals surface area contributed by atoms with Crippen molar-refractivity contribution in [1.82, 2.24) is 19.5 Å². The predicted molar refractivity (Wildman–Crippen MR) is 127 cm³/mol. The van der Waals surface area contributed by atoms with Crippen LogP contribution in [0.25, 0.3) is 0 Å². The zero-order valence-electron chi connectivity index (χ0n) is 18.4. The standard InChI is InChI=1S/C23H23N5O4S/c1-30-17-8-6-16(7-9-17)15-33-23-26-25-21(22(29)28(23)27-12-4-5-13-27)24-19-11-10-18(31-2)14-20(19)32-3/h4-14H,15H2,1-3H3,(H,24,25). The molecule has 0 amide bonds. The van der Waals surface area contributed by atoms with Gasteiger partial charge in [-0.1, -0.05) is 23.9 Å². The maximum Gasteiger partial charge on any atom is 0.316 e. The minimum Gasteiger partial charge on any atom is -0.497 e. The minimum atomic E-state index is -0.351. The second-order valence-corrected chi connectivity index (χ2v) is 7.78. The number of benzene rings is 2. The average Bonchev–Trinajstić information content (AvgIpc) is 3.39. The molecule has 0 aliphatic rings. The second-order valence-electron chi connectivity index (χ2n) is 6.84. The van der Waals surface area contributed by atoms with Crippen LogP contribution in [-0.2, 0) is 5.75 Å². The van der Waals surface area contributed by atoms with Gasteiger partial charge in [0, 0.05) is 24.2 Å². The third-order valence-corrected chi connectivity index (χ3v) is 5.81. The predicted octanol–water partition coefficient (Wildman–Crippen LogP) is 3.81. The minimum absolute atomic E-state index is 0.0703. The zero-order valence-corrected chi connectivity index (χ0v) is 19.2. The molecule has 2 heterocycles. The Morgan fingerprint density at radius 1 is 0.909 bits per heavy atom. The van der Waals surface area contributed by atoms with Crippen molar-refractivity contribution in [2.45, 2.75) is 10.9 Å². The molecule has 0 saturated heterocycles. The van der Waals surface area contributed by atoms with E-state index in [-0.39, 0.29) is 11.4 Å². The van der Waals surface area contributed by atoms with Gasteiger partial charge in [-0.25, -0.2) is 0 Å². The molecule has 33 heavy (non-hydrogen) atoms. The quantitative estimate of drug-likeness (QED) is 0.373. The van der Waals surface area contributed by atoms with Gasteiger partial charge < -0.3 is 19.5 Å². The molecule has 2 aromatic carbocycles. The van der Waals surface area contributed by atoms with Crippen LogP contribution in [0.4, 0.5) is 11.5 Å². The van der Waals surface area contributed by atoms with Crippen LogP contribution in [0.2, 0.25) is 0 Å². The van der Waals surface area contributed by atoms with Crippen LogP contribution in [0.3, 0.4) is 0 Å². The Morgan fingerprint density at radius 3 is 2.27 bits per heavy atom. The van der Waals surface area contributed by atoms with Gasteiger partial charge in [-0.15, -0.1) is 10.2 Å². The Morgan fingerprint density at radius 2 is 1.61 bits per heavy atom. The van der Waals surface area contributed by atoms with Gasteiger partial charge in [0.1, 0.15) is 17.2 Å².